The molecule has 0 spiro atoms. The van der Waals surface area contributed by atoms with Gasteiger partial charge in [0.25, 0.3) is 5.91 Å². The van der Waals surface area contributed by atoms with Crippen molar-refractivity contribution in [2.45, 2.75) is 13.0 Å². The lowest BCUT2D eigenvalue weighted by Crippen LogP contribution is -2.30. The lowest BCUT2D eigenvalue weighted by atomic mass is 10.1. The molecule has 110 valence electrons. The number of pyridine rings is 1. The molecule has 0 saturated carbocycles. The highest BCUT2D eigenvalue weighted by molar-refractivity contribution is 6.29. The van der Waals surface area contributed by atoms with Gasteiger partial charge in [0.15, 0.2) is 0 Å². The second-order valence-electron chi connectivity index (χ2n) is 4.63. The van der Waals surface area contributed by atoms with Crippen molar-refractivity contribution in [3.05, 3.63) is 64.4 Å². The molecule has 1 aromatic heterocycles. The van der Waals surface area contributed by atoms with Crippen LogP contribution in [0.5, 0.6) is 0 Å². The topological polar surface area (TPSA) is 33.2 Å². The van der Waals surface area contributed by atoms with Crippen molar-refractivity contribution >= 4 is 17.5 Å². The number of halogens is 3. The van der Waals surface area contributed by atoms with Crippen LogP contribution in [0.25, 0.3) is 0 Å². The van der Waals surface area contributed by atoms with Gasteiger partial charge in [-0.15, -0.1) is 0 Å². The molecule has 0 aliphatic heterocycles. The van der Waals surface area contributed by atoms with Crippen LogP contribution in [0.1, 0.15) is 28.9 Å². The summed E-state index contributed by atoms with van der Waals surface area (Å²) in [7, 11) is 1.52. The molecule has 0 radical (unpaired) electrons. The molecule has 0 saturated heterocycles. The monoisotopic (exact) mass is 310 g/mol. The maximum absolute atomic E-state index is 13.8. The van der Waals surface area contributed by atoms with Crippen molar-refractivity contribution < 1.29 is 13.6 Å². The first-order chi connectivity index (χ1) is 9.90. The fraction of sp³-hybridized carbons (Fsp3) is 0.200. The standard InChI is InChI=1S/C15H13ClF2N2O/c1-9(12-7-11(17)4-5-13(12)18)20(2)15(21)10-3-6-14(16)19-8-10/h3-9H,1-2H3. The molecule has 1 aromatic carbocycles. The van der Waals surface area contributed by atoms with Gasteiger partial charge in [0, 0.05) is 18.8 Å². The third-order valence-electron chi connectivity index (χ3n) is 3.28. The number of carbonyl (C=O) groups excluding carboxylic acids is 1. The number of amides is 1. The highest BCUT2D eigenvalue weighted by Crippen LogP contribution is 2.24. The van der Waals surface area contributed by atoms with E-state index in [4.69, 9.17) is 11.6 Å². The van der Waals surface area contributed by atoms with E-state index >= 15 is 0 Å². The summed E-state index contributed by atoms with van der Waals surface area (Å²) in [5.41, 5.74) is 0.443. The van der Waals surface area contributed by atoms with Crippen LogP contribution in [0.2, 0.25) is 5.15 Å². The Balaban J connectivity index is 2.26. The SMILES string of the molecule is CC(c1cc(F)ccc1F)N(C)C(=O)c1ccc(Cl)nc1. The number of benzene rings is 1. The maximum atomic E-state index is 13.8. The maximum Gasteiger partial charge on any atom is 0.255 e. The molecule has 6 heteroatoms. The van der Waals surface area contributed by atoms with Crippen LogP contribution in [-0.4, -0.2) is 22.8 Å². The van der Waals surface area contributed by atoms with Gasteiger partial charge in [-0.1, -0.05) is 11.6 Å². The largest absolute Gasteiger partial charge is 0.335 e. The summed E-state index contributed by atoms with van der Waals surface area (Å²) in [5, 5.41) is 0.276. The van der Waals surface area contributed by atoms with Gasteiger partial charge in [0.05, 0.1) is 11.6 Å². The Bertz CT molecular complexity index is 661. The normalized spacial score (nSPS) is 12.0. The molecule has 1 unspecified atom stereocenters. The number of carbonyl (C=O) groups is 1. The van der Waals surface area contributed by atoms with Crippen molar-refractivity contribution in [2.75, 3.05) is 7.05 Å². The second kappa shape index (κ2) is 6.18. The predicted octanol–water partition coefficient (Wildman–Crippen LogP) is 3.85. The van der Waals surface area contributed by atoms with E-state index in [9.17, 15) is 13.6 Å². The first-order valence-corrected chi connectivity index (χ1v) is 6.61. The lowest BCUT2D eigenvalue weighted by Gasteiger charge is -2.25. The summed E-state index contributed by atoms with van der Waals surface area (Å²) in [4.78, 5) is 17.4. The molecule has 0 N–H and O–H groups in total. The fourth-order valence-corrected chi connectivity index (χ4v) is 2.04. The molecule has 1 amide bonds. The minimum Gasteiger partial charge on any atom is -0.335 e. The molecular weight excluding hydrogens is 298 g/mol. The molecule has 2 aromatic rings. The van der Waals surface area contributed by atoms with E-state index in [-0.39, 0.29) is 16.6 Å². The van der Waals surface area contributed by atoms with Crippen molar-refractivity contribution in [1.29, 1.82) is 0 Å². The quantitative estimate of drug-likeness (QED) is 0.807. The molecule has 0 aliphatic carbocycles. The van der Waals surface area contributed by atoms with E-state index < -0.39 is 17.7 Å². The Labute approximate surface area is 126 Å². The summed E-state index contributed by atoms with van der Waals surface area (Å²) >= 11 is 5.67. The van der Waals surface area contributed by atoms with Crippen LogP contribution >= 0.6 is 11.6 Å². The Morgan fingerprint density at radius 1 is 1.29 bits per heavy atom. The van der Waals surface area contributed by atoms with E-state index in [2.05, 4.69) is 4.98 Å². The summed E-state index contributed by atoms with van der Waals surface area (Å²) in [5.74, 6) is -1.46. The van der Waals surface area contributed by atoms with Crippen LogP contribution in [0.4, 0.5) is 8.78 Å². The zero-order chi connectivity index (χ0) is 15.6. The minimum absolute atomic E-state index is 0.118. The molecule has 2 rings (SSSR count). The molecule has 3 nitrogen and oxygen atoms in total. The summed E-state index contributed by atoms with van der Waals surface area (Å²) in [6.07, 6.45) is 1.34. The van der Waals surface area contributed by atoms with Gasteiger partial charge >= 0.3 is 0 Å². The van der Waals surface area contributed by atoms with E-state index in [1.165, 1.54) is 30.3 Å². The van der Waals surface area contributed by atoms with Gasteiger partial charge in [0.1, 0.15) is 16.8 Å². The minimum atomic E-state index is -0.621. The van der Waals surface area contributed by atoms with Crippen LogP contribution in [0.3, 0.4) is 0 Å². The van der Waals surface area contributed by atoms with Crippen molar-refractivity contribution in [3.8, 4) is 0 Å². The molecule has 1 atom stereocenters. The molecule has 0 aliphatic rings. The second-order valence-corrected chi connectivity index (χ2v) is 5.01. The third kappa shape index (κ3) is 3.36. The Morgan fingerprint density at radius 3 is 2.62 bits per heavy atom. The summed E-state index contributed by atoms with van der Waals surface area (Å²) in [6.45, 7) is 1.62. The average molecular weight is 311 g/mol. The zero-order valence-electron chi connectivity index (χ0n) is 11.5. The molecule has 21 heavy (non-hydrogen) atoms. The fourth-order valence-electron chi connectivity index (χ4n) is 1.93. The van der Waals surface area contributed by atoms with Crippen LogP contribution < -0.4 is 0 Å². The van der Waals surface area contributed by atoms with Gasteiger partial charge in [-0.25, -0.2) is 13.8 Å². The average Bonchev–Trinajstić information content (AvgIpc) is 2.48. The molecule has 1 heterocycles. The van der Waals surface area contributed by atoms with Gasteiger partial charge < -0.3 is 4.90 Å². The highest BCUT2D eigenvalue weighted by Gasteiger charge is 2.22. The predicted molar refractivity (Wildman–Crippen MR) is 76.1 cm³/mol. The van der Waals surface area contributed by atoms with Gasteiger partial charge in [-0.2, -0.15) is 0 Å². The molecule has 0 bridgehead atoms. The van der Waals surface area contributed by atoms with Crippen molar-refractivity contribution in [3.63, 3.8) is 0 Å². The van der Waals surface area contributed by atoms with Gasteiger partial charge in [-0.3, -0.25) is 4.79 Å². The van der Waals surface area contributed by atoms with Crippen LogP contribution in [0, 0.1) is 11.6 Å². The van der Waals surface area contributed by atoms with E-state index in [1.807, 2.05) is 0 Å². The molecule has 0 fully saturated rings. The first kappa shape index (κ1) is 15.4. The smallest absolute Gasteiger partial charge is 0.255 e. The van der Waals surface area contributed by atoms with E-state index in [1.54, 1.807) is 6.92 Å². The summed E-state index contributed by atoms with van der Waals surface area (Å²) < 4.78 is 27.0. The van der Waals surface area contributed by atoms with E-state index in [0.29, 0.717) is 5.56 Å². The highest BCUT2D eigenvalue weighted by atomic mass is 35.5. The van der Waals surface area contributed by atoms with Crippen LogP contribution in [0.15, 0.2) is 36.5 Å². The van der Waals surface area contributed by atoms with Crippen molar-refractivity contribution in [1.82, 2.24) is 9.88 Å². The number of hydrogen-bond donors (Lipinski definition) is 0. The zero-order valence-corrected chi connectivity index (χ0v) is 12.2. The third-order valence-corrected chi connectivity index (χ3v) is 3.51. The lowest BCUT2D eigenvalue weighted by molar-refractivity contribution is 0.0739. The number of nitrogens with zero attached hydrogens (tertiary/aromatic N) is 2. The Hall–Kier alpha value is -2.01. The summed E-state index contributed by atoms with van der Waals surface area (Å²) in [6, 6.07) is 5.58. The van der Waals surface area contributed by atoms with E-state index in [0.717, 1.165) is 18.2 Å². The Kier molecular flexibility index (Phi) is 4.53. The number of hydrogen-bond acceptors (Lipinski definition) is 2. The van der Waals surface area contributed by atoms with Crippen LogP contribution in [-0.2, 0) is 0 Å². The Morgan fingerprint density at radius 2 is 2.00 bits per heavy atom. The van der Waals surface area contributed by atoms with Gasteiger partial charge in [-0.05, 0) is 37.3 Å². The first-order valence-electron chi connectivity index (χ1n) is 6.24. The number of aromatic nitrogens is 1. The van der Waals surface area contributed by atoms with Gasteiger partial charge in [0.2, 0.25) is 0 Å². The molecular formula is C15H13ClF2N2O. The van der Waals surface area contributed by atoms with Crippen molar-refractivity contribution in [2.24, 2.45) is 0 Å². The number of rotatable bonds is 3.